The Labute approximate surface area is 199 Å². The van der Waals surface area contributed by atoms with E-state index >= 15 is 0 Å². The Kier molecular flexibility index (Phi) is 8.65. The molecular weight excluding hydrogens is 436 g/mol. The van der Waals surface area contributed by atoms with Crippen LogP contribution in [0.4, 0.5) is 4.79 Å². The van der Waals surface area contributed by atoms with Crippen LogP contribution < -0.4 is 5.32 Å². The molecule has 0 aromatic heterocycles. The van der Waals surface area contributed by atoms with Gasteiger partial charge < -0.3 is 24.8 Å². The lowest BCUT2D eigenvalue weighted by molar-refractivity contribution is -0.147. The van der Waals surface area contributed by atoms with Gasteiger partial charge in [0.25, 0.3) is 0 Å². The smallest absolute Gasteiger partial charge is 0.407 e. The quantitative estimate of drug-likeness (QED) is 0.522. The number of nitrogens with one attached hydrogen (secondary N) is 1. The summed E-state index contributed by atoms with van der Waals surface area (Å²) in [5, 5.41) is 11.8. The summed E-state index contributed by atoms with van der Waals surface area (Å²) < 4.78 is 10.9. The number of carbonyl (C=O) groups excluding carboxylic acids is 2. The summed E-state index contributed by atoms with van der Waals surface area (Å²) in [5.74, 6) is -1.45. The molecule has 8 heteroatoms. The van der Waals surface area contributed by atoms with E-state index in [2.05, 4.69) is 17.4 Å². The Bertz CT molecular complexity index is 978. The second kappa shape index (κ2) is 11.7. The molecule has 3 rings (SSSR count). The number of ether oxygens (including phenoxy) is 2. The van der Waals surface area contributed by atoms with Gasteiger partial charge >= 0.3 is 12.1 Å². The number of amides is 2. The molecule has 2 amide bonds. The Balaban J connectivity index is 1.54. The van der Waals surface area contributed by atoms with Crippen molar-refractivity contribution in [3.63, 3.8) is 0 Å². The van der Waals surface area contributed by atoms with E-state index in [9.17, 15) is 14.4 Å². The van der Waals surface area contributed by atoms with Crippen LogP contribution in [0.15, 0.2) is 48.5 Å². The van der Waals surface area contributed by atoms with Crippen molar-refractivity contribution in [2.75, 3.05) is 26.8 Å². The summed E-state index contributed by atoms with van der Waals surface area (Å²) in [5.41, 5.74) is 4.55. The normalized spacial score (nSPS) is 14.0. The predicted molar refractivity (Wildman–Crippen MR) is 128 cm³/mol. The second-order valence-corrected chi connectivity index (χ2v) is 8.44. The zero-order chi connectivity index (χ0) is 24.7. The minimum Gasteiger partial charge on any atom is -0.480 e. The average Bonchev–Trinajstić information content (AvgIpc) is 3.16. The molecule has 0 saturated heterocycles. The molecule has 34 heavy (non-hydrogen) atoms. The van der Waals surface area contributed by atoms with Gasteiger partial charge in [-0.3, -0.25) is 9.59 Å². The minimum atomic E-state index is -1.07. The summed E-state index contributed by atoms with van der Waals surface area (Å²) >= 11 is 0. The minimum absolute atomic E-state index is 0.0435. The number of methoxy groups -OCH3 is 1. The maximum atomic E-state index is 12.7. The number of benzene rings is 2. The molecule has 2 aromatic carbocycles. The van der Waals surface area contributed by atoms with Crippen LogP contribution in [-0.4, -0.2) is 66.9 Å². The van der Waals surface area contributed by atoms with Crippen LogP contribution in [0.5, 0.6) is 0 Å². The second-order valence-electron chi connectivity index (χ2n) is 8.44. The summed E-state index contributed by atoms with van der Waals surface area (Å²) in [6, 6.07) is 16.0. The number of aliphatic carboxylic acids is 1. The van der Waals surface area contributed by atoms with Crippen molar-refractivity contribution in [2.45, 2.75) is 44.8 Å². The molecule has 0 bridgehead atoms. The van der Waals surface area contributed by atoms with Gasteiger partial charge in [-0.1, -0.05) is 55.5 Å². The standard InChI is InChI=1S/C26H32N2O6/c1-4-17(2)28(15-25(30)31)24(29)13-18(33-3)14-27-26(32)34-16-23-21-11-7-5-9-19(21)20-10-6-8-12-22(20)23/h5-12,17-18,23H,4,13-16H2,1-3H3,(H,27,32)(H,30,31). The van der Waals surface area contributed by atoms with Crippen LogP contribution in [0.1, 0.15) is 43.7 Å². The largest absolute Gasteiger partial charge is 0.480 e. The topological polar surface area (TPSA) is 105 Å². The highest BCUT2D eigenvalue weighted by atomic mass is 16.5. The first-order chi connectivity index (χ1) is 16.3. The fraction of sp³-hybridized carbons (Fsp3) is 0.423. The fourth-order valence-corrected chi connectivity index (χ4v) is 4.25. The maximum absolute atomic E-state index is 12.7. The first kappa shape index (κ1) is 25.2. The van der Waals surface area contributed by atoms with Crippen LogP contribution in [0, 0.1) is 0 Å². The molecule has 0 aliphatic heterocycles. The van der Waals surface area contributed by atoms with Gasteiger partial charge in [0.2, 0.25) is 5.91 Å². The SMILES string of the molecule is CCC(C)N(CC(=O)O)C(=O)CC(CNC(=O)OCC1c2ccccc2-c2ccccc21)OC. The van der Waals surface area contributed by atoms with Crippen LogP contribution in [0.3, 0.4) is 0 Å². The maximum Gasteiger partial charge on any atom is 0.407 e. The lowest BCUT2D eigenvalue weighted by Crippen LogP contribution is -2.44. The highest BCUT2D eigenvalue weighted by Crippen LogP contribution is 2.44. The molecule has 0 heterocycles. The van der Waals surface area contributed by atoms with Gasteiger partial charge in [-0.2, -0.15) is 0 Å². The number of alkyl carbamates (subject to hydrolysis) is 1. The van der Waals surface area contributed by atoms with E-state index in [1.807, 2.05) is 43.3 Å². The van der Waals surface area contributed by atoms with Crippen molar-refractivity contribution in [1.29, 1.82) is 0 Å². The Morgan fingerprint density at radius 3 is 2.18 bits per heavy atom. The third kappa shape index (κ3) is 5.94. The summed E-state index contributed by atoms with van der Waals surface area (Å²) in [4.78, 5) is 37.5. The zero-order valence-electron chi connectivity index (χ0n) is 19.8. The lowest BCUT2D eigenvalue weighted by atomic mass is 9.98. The molecule has 182 valence electrons. The van der Waals surface area contributed by atoms with E-state index in [1.54, 1.807) is 6.92 Å². The molecule has 8 nitrogen and oxygen atoms in total. The third-order valence-electron chi connectivity index (χ3n) is 6.30. The van der Waals surface area contributed by atoms with Gasteiger partial charge in [-0.05, 0) is 35.6 Å². The van der Waals surface area contributed by atoms with E-state index in [1.165, 1.54) is 12.0 Å². The first-order valence-corrected chi connectivity index (χ1v) is 11.5. The van der Waals surface area contributed by atoms with Crippen molar-refractivity contribution in [1.82, 2.24) is 10.2 Å². The molecule has 0 spiro atoms. The van der Waals surface area contributed by atoms with Crippen LogP contribution in [0.25, 0.3) is 11.1 Å². The molecular formula is C26H32N2O6. The molecule has 1 aliphatic carbocycles. The zero-order valence-corrected chi connectivity index (χ0v) is 19.8. The Hall–Kier alpha value is -3.39. The summed E-state index contributed by atoms with van der Waals surface area (Å²) in [7, 11) is 1.45. The molecule has 2 aromatic rings. The van der Waals surface area contributed by atoms with Gasteiger partial charge in [-0.15, -0.1) is 0 Å². The highest BCUT2D eigenvalue weighted by Gasteiger charge is 2.29. The number of hydrogen-bond acceptors (Lipinski definition) is 5. The Morgan fingerprint density at radius 1 is 1.06 bits per heavy atom. The van der Waals surface area contributed by atoms with E-state index in [4.69, 9.17) is 14.6 Å². The van der Waals surface area contributed by atoms with Crippen molar-refractivity contribution in [3.05, 3.63) is 59.7 Å². The van der Waals surface area contributed by atoms with E-state index < -0.39 is 18.2 Å². The number of carboxylic acid groups (broad SMARTS) is 1. The van der Waals surface area contributed by atoms with E-state index in [0.29, 0.717) is 6.42 Å². The molecule has 0 fully saturated rings. The van der Waals surface area contributed by atoms with Crippen LogP contribution >= 0.6 is 0 Å². The lowest BCUT2D eigenvalue weighted by Gasteiger charge is -2.28. The van der Waals surface area contributed by atoms with Crippen LogP contribution in [-0.2, 0) is 19.1 Å². The highest BCUT2D eigenvalue weighted by molar-refractivity contribution is 5.82. The molecule has 1 aliphatic rings. The fourth-order valence-electron chi connectivity index (χ4n) is 4.25. The van der Waals surface area contributed by atoms with Gasteiger partial charge in [-0.25, -0.2) is 4.79 Å². The van der Waals surface area contributed by atoms with Crippen molar-refractivity contribution in [2.24, 2.45) is 0 Å². The number of carbonyl (C=O) groups is 3. The van der Waals surface area contributed by atoms with Crippen molar-refractivity contribution < 1.29 is 29.0 Å². The average molecular weight is 469 g/mol. The molecule has 0 radical (unpaired) electrons. The number of nitrogens with zero attached hydrogens (tertiary/aromatic N) is 1. The van der Waals surface area contributed by atoms with Gasteiger partial charge in [0.05, 0.1) is 12.5 Å². The summed E-state index contributed by atoms with van der Waals surface area (Å²) in [6.45, 7) is 3.58. The number of rotatable bonds is 11. The van der Waals surface area contributed by atoms with Gasteiger partial charge in [0, 0.05) is 25.6 Å². The van der Waals surface area contributed by atoms with E-state index in [0.717, 1.165) is 22.3 Å². The number of hydrogen-bond donors (Lipinski definition) is 2. The molecule has 2 N–H and O–H groups in total. The predicted octanol–water partition coefficient (Wildman–Crippen LogP) is 3.64. The van der Waals surface area contributed by atoms with Crippen molar-refractivity contribution in [3.8, 4) is 11.1 Å². The number of carboxylic acids is 1. The monoisotopic (exact) mass is 468 g/mol. The Morgan fingerprint density at radius 2 is 1.65 bits per heavy atom. The molecule has 2 atom stereocenters. The third-order valence-corrected chi connectivity index (χ3v) is 6.30. The molecule has 0 saturated carbocycles. The summed E-state index contributed by atoms with van der Waals surface area (Å²) in [6.07, 6.45) is -0.610. The van der Waals surface area contributed by atoms with Crippen LogP contribution in [0.2, 0.25) is 0 Å². The van der Waals surface area contributed by atoms with Crippen molar-refractivity contribution >= 4 is 18.0 Å². The van der Waals surface area contributed by atoms with Gasteiger partial charge in [0.1, 0.15) is 13.2 Å². The molecule has 2 unspecified atom stereocenters. The van der Waals surface area contributed by atoms with E-state index in [-0.39, 0.29) is 44.0 Å². The van der Waals surface area contributed by atoms with Gasteiger partial charge in [0.15, 0.2) is 0 Å². The number of fused-ring (bicyclic) bond motifs is 3. The first-order valence-electron chi connectivity index (χ1n) is 11.5.